The third kappa shape index (κ3) is 4.30. The molecule has 0 aliphatic heterocycles. The van der Waals surface area contributed by atoms with Crippen molar-refractivity contribution in [2.75, 3.05) is 13.2 Å². The lowest BCUT2D eigenvalue weighted by Crippen LogP contribution is -2.27. The van der Waals surface area contributed by atoms with Crippen molar-refractivity contribution < 1.29 is 4.74 Å². The normalized spacial score (nSPS) is 13.2. The highest BCUT2D eigenvalue weighted by molar-refractivity contribution is 5.81. The molecule has 0 heterocycles. The minimum Gasteiger partial charge on any atom is -0.481 e. The Morgan fingerprint density at radius 2 is 1.85 bits per heavy atom. The van der Waals surface area contributed by atoms with E-state index in [1.165, 1.54) is 6.42 Å². The van der Waals surface area contributed by atoms with Gasteiger partial charge in [0.15, 0.2) is 5.90 Å². The minimum absolute atomic E-state index is 0.0980. The summed E-state index contributed by atoms with van der Waals surface area (Å²) in [5.74, 6) is 0.916. The Morgan fingerprint density at radius 1 is 1.23 bits per heavy atom. The van der Waals surface area contributed by atoms with Crippen molar-refractivity contribution >= 4 is 5.90 Å². The Bertz CT molecular complexity index is 161. The second-order valence-electron chi connectivity index (χ2n) is 3.85. The van der Waals surface area contributed by atoms with Crippen molar-refractivity contribution in [2.45, 2.75) is 47.5 Å². The molecule has 0 atom stereocenters. The molecule has 0 aromatic heterocycles. The van der Waals surface area contributed by atoms with Crippen LogP contribution in [0.25, 0.3) is 0 Å². The number of rotatable bonds is 5. The van der Waals surface area contributed by atoms with Crippen LogP contribution in [0, 0.1) is 5.41 Å². The zero-order chi connectivity index (χ0) is 10.3. The van der Waals surface area contributed by atoms with E-state index >= 15 is 0 Å². The van der Waals surface area contributed by atoms with Gasteiger partial charge in [0.05, 0.1) is 6.61 Å². The van der Waals surface area contributed by atoms with E-state index in [4.69, 9.17) is 4.74 Å². The standard InChI is InChI=1S/C11H23NO/c1-6-9-11(4,5)10(12-7-2)13-8-3/h6-9H2,1-5H3. The van der Waals surface area contributed by atoms with Crippen molar-refractivity contribution in [3.05, 3.63) is 0 Å². The molecule has 0 rings (SSSR count). The quantitative estimate of drug-likeness (QED) is 0.476. The maximum atomic E-state index is 5.55. The molecular formula is C11H23NO. The van der Waals surface area contributed by atoms with Crippen molar-refractivity contribution in [3.8, 4) is 0 Å². The summed E-state index contributed by atoms with van der Waals surface area (Å²) in [4.78, 5) is 4.40. The van der Waals surface area contributed by atoms with Gasteiger partial charge in [-0.1, -0.05) is 27.2 Å². The van der Waals surface area contributed by atoms with E-state index in [2.05, 4.69) is 25.8 Å². The molecule has 0 aliphatic rings. The fourth-order valence-electron chi connectivity index (χ4n) is 1.47. The molecule has 2 heteroatoms. The molecule has 0 aliphatic carbocycles. The summed E-state index contributed by atoms with van der Waals surface area (Å²) in [6.45, 7) is 12.2. The second-order valence-corrected chi connectivity index (χ2v) is 3.85. The van der Waals surface area contributed by atoms with Crippen LogP contribution < -0.4 is 0 Å². The average molecular weight is 185 g/mol. The van der Waals surface area contributed by atoms with Crippen molar-refractivity contribution in [3.63, 3.8) is 0 Å². The maximum absolute atomic E-state index is 5.55. The van der Waals surface area contributed by atoms with Gasteiger partial charge in [0.1, 0.15) is 0 Å². The van der Waals surface area contributed by atoms with Crippen LogP contribution in [0.2, 0.25) is 0 Å². The number of hydrogen-bond donors (Lipinski definition) is 0. The minimum atomic E-state index is 0.0980. The van der Waals surface area contributed by atoms with E-state index in [1.807, 2.05) is 13.8 Å². The van der Waals surface area contributed by atoms with Crippen LogP contribution in [-0.2, 0) is 4.74 Å². The first-order chi connectivity index (χ1) is 6.08. The van der Waals surface area contributed by atoms with Gasteiger partial charge in [-0.2, -0.15) is 0 Å². The Hall–Kier alpha value is -0.530. The Labute approximate surface area is 82.4 Å². The molecule has 0 amide bonds. The molecule has 0 fully saturated rings. The molecule has 0 radical (unpaired) electrons. The molecule has 0 aromatic rings. The van der Waals surface area contributed by atoms with Crippen LogP contribution in [-0.4, -0.2) is 19.0 Å². The summed E-state index contributed by atoms with van der Waals surface area (Å²) in [5, 5.41) is 0. The molecule has 0 spiro atoms. The number of nitrogens with zero attached hydrogens (tertiary/aromatic N) is 1. The lowest BCUT2D eigenvalue weighted by atomic mass is 9.88. The first-order valence-electron chi connectivity index (χ1n) is 5.26. The van der Waals surface area contributed by atoms with Gasteiger partial charge in [0.25, 0.3) is 0 Å². The Kier molecular flexibility index (Phi) is 5.76. The van der Waals surface area contributed by atoms with Crippen LogP contribution in [0.5, 0.6) is 0 Å². The topological polar surface area (TPSA) is 21.6 Å². The van der Waals surface area contributed by atoms with Gasteiger partial charge in [0, 0.05) is 12.0 Å². The zero-order valence-corrected chi connectivity index (χ0v) is 9.68. The molecule has 2 nitrogen and oxygen atoms in total. The second kappa shape index (κ2) is 6.01. The smallest absolute Gasteiger partial charge is 0.189 e. The molecule has 0 bridgehead atoms. The van der Waals surface area contributed by atoms with Crippen LogP contribution in [0.15, 0.2) is 4.99 Å². The lowest BCUT2D eigenvalue weighted by molar-refractivity contribution is 0.262. The summed E-state index contributed by atoms with van der Waals surface area (Å²) in [7, 11) is 0. The summed E-state index contributed by atoms with van der Waals surface area (Å²) in [5.41, 5.74) is 0.0980. The van der Waals surface area contributed by atoms with Crippen molar-refractivity contribution in [2.24, 2.45) is 10.4 Å². The fraction of sp³-hybridized carbons (Fsp3) is 0.909. The van der Waals surface area contributed by atoms with Gasteiger partial charge in [-0.05, 0) is 20.3 Å². The van der Waals surface area contributed by atoms with Crippen molar-refractivity contribution in [1.82, 2.24) is 0 Å². The molecular weight excluding hydrogens is 162 g/mol. The molecule has 0 saturated heterocycles. The van der Waals surface area contributed by atoms with E-state index in [0.29, 0.717) is 6.61 Å². The molecule has 0 N–H and O–H groups in total. The van der Waals surface area contributed by atoms with Gasteiger partial charge in [-0.25, -0.2) is 0 Å². The van der Waals surface area contributed by atoms with Crippen LogP contribution in [0.1, 0.15) is 47.5 Å². The first kappa shape index (κ1) is 12.5. The van der Waals surface area contributed by atoms with Gasteiger partial charge in [-0.15, -0.1) is 0 Å². The summed E-state index contributed by atoms with van der Waals surface area (Å²) in [6.07, 6.45) is 2.30. The summed E-state index contributed by atoms with van der Waals surface area (Å²) >= 11 is 0. The van der Waals surface area contributed by atoms with Gasteiger partial charge in [-0.3, -0.25) is 4.99 Å². The average Bonchev–Trinajstić information content (AvgIpc) is 2.04. The van der Waals surface area contributed by atoms with E-state index in [0.717, 1.165) is 18.9 Å². The third-order valence-electron chi connectivity index (χ3n) is 2.04. The van der Waals surface area contributed by atoms with Crippen LogP contribution in [0.4, 0.5) is 0 Å². The molecule has 13 heavy (non-hydrogen) atoms. The third-order valence-corrected chi connectivity index (χ3v) is 2.04. The van der Waals surface area contributed by atoms with Crippen LogP contribution in [0.3, 0.4) is 0 Å². The highest BCUT2D eigenvalue weighted by atomic mass is 16.5. The molecule has 78 valence electrons. The number of ether oxygens (including phenoxy) is 1. The fourth-order valence-corrected chi connectivity index (χ4v) is 1.47. The molecule has 0 aromatic carbocycles. The Morgan fingerprint density at radius 3 is 2.23 bits per heavy atom. The number of aliphatic imine (C=N–C) groups is 1. The van der Waals surface area contributed by atoms with E-state index in [9.17, 15) is 0 Å². The largest absolute Gasteiger partial charge is 0.481 e. The van der Waals surface area contributed by atoms with E-state index < -0.39 is 0 Å². The molecule has 0 saturated carbocycles. The summed E-state index contributed by atoms with van der Waals surface area (Å²) in [6, 6.07) is 0. The zero-order valence-electron chi connectivity index (χ0n) is 9.68. The van der Waals surface area contributed by atoms with E-state index in [1.54, 1.807) is 0 Å². The SMILES string of the molecule is CCCC(C)(C)C(=NCC)OCC. The Balaban J connectivity index is 4.41. The lowest BCUT2D eigenvalue weighted by Gasteiger charge is -2.25. The van der Waals surface area contributed by atoms with Crippen LogP contribution >= 0.6 is 0 Å². The maximum Gasteiger partial charge on any atom is 0.189 e. The molecule has 0 unspecified atom stereocenters. The van der Waals surface area contributed by atoms with Gasteiger partial charge < -0.3 is 4.74 Å². The summed E-state index contributed by atoms with van der Waals surface area (Å²) < 4.78 is 5.55. The monoisotopic (exact) mass is 185 g/mol. The first-order valence-corrected chi connectivity index (χ1v) is 5.26. The highest BCUT2D eigenvalue weighted by Gasteiger charge is 2.25. The van der Waals surface area contributed by atoms with Gasteiger partial charge >= 0.3 is 0 Å². The van der Waals surface area contributed by atoms with Crippen molar-refractivity contribution in [1.29, 1.82) is 0 Å². The predicted molar refractivity (Wildman–Crippen MR) is 58.3 cm³/mol. The predicted octanol–water partition coefficient (Wildman–Crippen LogP) is 3.27. The van der Waals surface area contributed by atoms with E-state index in [-0.39, 0.29) is 5.41 Å². The highest BCUT2D eigenvalue weighted by Crippen LogP contribution is 2.25. The van der Waals surface area contributed by atoms with Gasteiger partial charge in [0.2, 0.25) is 0 Å². The number of hydrogen-bond acceptors (Lipinski definition) is 2.